The van der Waals surface area contributed by atoms with Gasteiger partial charge in [0, 0.05) is 25.2 Å². The fourth-order valence-corrected chi connectivity index (χ4v) is 5.35. The monoisotopic (exact) mass is 379 g/mol. The summed E-state index contributed by atoms with van der Waals surface area (Å²) in [6, 6.07) is 0.298. The van der Waals surface area contributed by atoms with E-state index in [4.69, 9.17) is 9.47 Å². The van der Waals surface area contributed by atoms with Gasteiger partial charge in [0.05, 0.1) is 0 Å². The largest absolute Gasteiger partial charge is 0.459 e. The molecule has 0 radical (unpaired) electrons. The average Bonchev–Trinajstić information content (AvgIpc) is 3.22. The van der Waals surface area contributed by atoms with Crippen LogP contribution in [-0.2, 0) is 14.3 Å². The van der Waals surface area contributed by atoms with E-state index in [2.05, 4.69) is 26.1 Å². The number of allylic oxidation sites excluding steroid dienone is 1. The van der Waals surface area contributed by atoms with E-state index in [1.807, 2.05) is 13.0 Å². The van der Waals surface area contributed by atoms with E-state index in [1.54, 1.807) is 0 Å². The van der Waals surface area contributed by atoms with Crippen LogP contribution >= 0.6 is 0 Å². The molecule has 0 saturated heterocycles. The maximum atomic E-state index is 13.0. The molecule has 5 nitrogen and oxygen atoms in total. The lowest BCUT2D eigenvalue weighted by Crippen LogP contribution is -2.45. The van der Waals surface area contributed by atoms with E-state index in [1.165, 1.54) is 19.3 Å². The van der Waals surface area contributed by atoms with Gasteiger partial charge in [0.2, 0.25) is 6.29 Å². The number of nitrogens with one attached hydrogen (secondary N) is 1. The molecule has 1 heterocycles. The minimum absolute atomic E-state index is 0.0167. The molecule has 3 unspecified atom stereocenters. The molecule has 0 aromatic carbocycles. The summed E-state index contributed by atoms with van der Waals surface area (Å²) in [7, 11) is 0. The van der Waals surface area contributed by atoms with Crippen LogP contribution in [0.25, 0.3) is 0 Å². The first-order valence-electron chi connectivity index (χ1n) is 10.7. The fourth-order valence-electron chi connectivity index (χ4n) is 5.35. The number of hydrogen-bond donors (Lipinski definition) is 2. The molecule has 154 valence electrons. The Kier molecular flexibility index (Phi) is 6.52. The lowest BCUT2D eigenvalue weighted by Gasteiger charge is -2.42. The van der Waals surface area contributed by atoms with Crippen molar-refractivity contribution in [1.82, 2.24) is 5.32 Å². The molecule has 0 spiro atoms. The molecule has 2 saturated carbocycles. The van der Waals surface area contributed by atoms with Gasteiger partial charge in [-0.3, -0.25) is 4.79 Å². The number of rotatable bonds is 7. The van der Waals surface area contributed by atoms with Crippen molar-refractivity contribution in [2.45, 2.75) is 78.6 Å². The second-order valence-corrected chi connectivity index (χ2v) is 9.65. The van der Waals surface area contributed by atoms with Crippen molar-refractivity contribution >= 4 is 5.91 Å². The first kappa shape index (κ1) is 20.7. The Morgan fingerprint density at radius 2 is 2.11 bits per heavy atom. The van der Waals surface area contributed by atoms with Gasteiger partial charge < -0.3 is 19.9 Å². The number of aliphatic hydroxyl groups is 1. The second kappa shape index (κ2) is 8.52. The van der Waals surface area contributed by atoms with E-state index < -0.39 is 6.29 Å². The number of ether oxygens (including phenoxy) is 2. The Hall–Kier alpha value is -1.07. The topological polar surface area (TPSA) is 67.8 Å². The van der Waals surface area contributed by atoms with Gasteiger partial charge in [0.15, 0.2) is 5.76 Å². The molecule has 3 aliphatic rings. The minimum Gasteiger partial charge on any atom is -0.459 e. The van der Waals surface area contributed by atoms with Crippen LogP contribution in [0, 0.1) is 29.1 Å². The maximum Gasteiger partial charge on any atom is 0.286 e. The number of carbonyl (C=O) groups is 1. The summed E-state index contributed by atoms with van der Waals surface area (Å²) in [6.45, 7) is 9.23. The van der Waals surface area contributed by atoms with Crippen LogP contribution in [0.4, 0.5) is 0 Å². The molecule has 0 aromatic heterocycles. The van der Waals surface area contributed by atoms with Crippen molar-refractivity contribution in [3.8, 4) is 0 Å². The van der Waals surface area contributed by atoms with E-state index in [9.17, 15) is 9.90 Å². The van der Waals surface area contributed by atoms with Crippen LogP contribution in [0.1, 0.15) is 66.2 Å². The molecule has 2 N–H and O–H groups in total. The van der Waals surface area contributed by atoms with E-state index in [0.29, 0.717) is 30.7 Å². The van der Waals surface area contributed by atoms with Crippen molar-refractivity contribution in [3.05, 3.63) is 11.8 Å². The van der Waals surface area contributed by atoms with Gasteiger partial charge in [-0.15, -0.1) is 0 Å². The zero-order chi connectivity index (χ0) is 19.6. The lowest BCUT2D eigenvalue weighted by molar-refractivity contribution is -0.179. The molecule has 27 heavy (non-hydrogen) atoms. The highest BCUT2D eigenvalue weighted by Crippen LogP contribution is 2.45. The zero-order valence-electron chi connectivity index (χ0n) is 17.4. The third-order valence-corrected chi connectivity index (χ3v) is 6.69. The molecular formula is C22H37NO4. The molecule has 2 aliphatic carbocycles. The Bertz CT molecular complexity index is 553. The number of hydrogen-bond acceptors (Lipinski definition) is 4. The minimum atomic E-state index is -0.434. The normalized spacial score (nSPS) is 35.7. The van der Waals surface area contributed by atoms with Gasteiger partial charge in [-0.25, -0.2) is 0 Å². The first-order chi connectivity index (χ1) is 12.8. The van der Waals surface area contributed by atoms with Gasteiger partial charge in [0.1, 0.15) is 0 Å². The van der Waals surface area contributed by atoms with Crippen molar-refractivity contribution in [2.75, 3.05) is 13.2 Å². The quantitative estimate of drug-likeness (QED) is 0.709. The highest BCUT2D eigenvalue weighted by atomic mass is 16.7. The highest BCUT2D eigenvalue weighted by Gasteiger charge is 2.44. The van der Waals surface area contributed by atoms with Crippen LogP contribution < -0.4 is 5.32 Å². The highest BCUT2D eigenvalue weighted by molar-refractivity contribution is 5.91. The van der Waals surface area contributed by atoms with Crippen LogP contribution in [0.3, 0.4) is 0 Å². The van der Waals surface area contributed by atoms with Crippen molar-refractivity contribution in [1.29, 1.82) is 0 Å². The predicted molar refractivity (Wildman–Crippen MR) is 105 cm³/mol. The molecule has 2 fully saturated rings. The lowest BCUT2D eigenvalue weighted by atomic mass is 9.70. The van der Waals surface area contributed by atoms with Crippen molar-refractivity contribution in [3.63, 3.8) is 0 Å². The summed E-state index contributed by atoms with van der Waals surface area (Å²) in [5.74, 6) is 2.05. The third kappa shape index (κ3) is 4.68. The second-order valence-electron chi connectivity index (χ2n) is 9.65. The number of aliphatic hydroxyl groups excluding tert-OH is 1. The van der Waals surface area contributed by atoms with Crippen LogP contribution in [-0.4, -0.2) is 36.6 Å². The molecular weight excluding hydrogens is 342 g/mol. The third-order valence-electron chi connectivity index (χ3n) is 6.69. The Morgan fingerprint density at radius 1 is 1.33 bits per heavy atom. The smallest absolute Gasteiger partial charge is 0.286 e. The molecule has 0 aromatic rings. The van der Waals surface area contributed by atoms with Gasteiger partial charge >= 0.3 is 0 Å². The average molecular weight is 380 g/mol. The van der Waals surface area contributed by atoms with Gasteiger partial charge in [-0.05, 0) is 68.3 Å². The fraction of sp³-hybridized carbons (Fsp3) is 0.864. The summed E-state index contributed by atoms with van der Waals surface area (Å²) >= 11 is 0. The summed E-state index contributed by atoms with van der Waals surface area (Å²) < 4.78 is 12.0. The number of carbonyl (C=O) groups excluding carboxylic acids is 1. The van der Waals surface area contributed by atoms with Crippen molar-refractivity contribution in [2.24, 2.45) is 29.1 Å². The van der Waals surface area contributed by atoms with Gasteiger partial charge in [-0.2, -0.15) is 0 Å². The number of amides is 1. The van der Waals surface area contributed by atoms with Crippen LogP contribution in [0.5, 0.6) is 0 Å². The van der Waals surface area contributed by atoms with Crippen LogP contribution in [0.15, 0.2) is 11.8 Å². The van der Waals surface area contributed by atoms with Crippen LogP contribution in [0.2, 0.25) is 0 Å². The SMILES string of the molecule is CCO[C@@H]1OC(C(=O)NC2CC3CCC2C3)=C[C@H](C(C)(C)C)[C@H]1CCCO. The summed E-state index contributed by atoms with van der Waals surface area (Å²) in [4.78, 5) is 13.0. The molecule has 2 bridgehead atoms. The summed E-state index contributed by atoms with van der Waals surface area (Å²) in [5, 5.41) is 12.5. The van der Waals surface area contributed by atoms with Gasteiger partial charge in [-0.1, -0.05) is 27.2 Å². The van der Waals surface area contributed by atoms with E-state index in [0.717, 1.165) is 18.8 Å². The molecule has 3 rings (SSSR count). The Labute approximate surface area is 163 Å². The van der Waals surface area contributed by atoms with Gasteiger partial charge in [0.25, 0.3) is 5.91 Å². The standard InChI is InChI=1S/C22H37NO4/c1-5-26-21-16(7-6-10-24)17(22(2,3)4)13-19(27-21)20(25)23-18-12-14-8-9-15(18)11-14/h13-18,21,24H,5-12H2,1-4H3,(H,23,25)/t14?,15?,16-,17+,18?,21-/m1/s1. The Balaban J connectivity index is 1.76. The maximum absolute atomic E-state index is 13.0. The summed E-state index contributed by atoms with van der Waals surface area (Å²) in [6.07, 6.45) is 8.05. The molecule has 1 amide bonds. The molecule has 1 aliphatic heterocycles. The van der Waals surface area contributed by atoms with E-state index >= 15 is 0 Å². The summed E-state index contributed by atoms with van der Waals surface area (Å²) in [5.41, 5.74) is -0.0167. The Morgan fingerprint density at radius 3 is 2.67 bits per heavy atom. The predicted octanol–water partition coefficient (Wildman–Crippen LogP) is 3.62. The number of fused-ring (bicyclic) bond motifs is 2. The zero-order valence-corrected chi connectivity index (χ0v) is 17.4. The molecule has 5 heteroatoms. The first-order valence-corrected chi connectivity index (χ1v) is 10.7. The molecule has 6 atom stereocenters. The van der Waals surface area contributed by atoms with E-state index in [-0.39, 0.29) is 29.8 Å². The van der Waals surface area contributed by atoms with Crippen molar-refractivity contribution < 1.29 is 19.4 Å².